The Labute approximate surface area is 200 Å². The van der Waals surface area contributed by atoms with Gasteiger partial charge in [0.1, 0.15) is 11.4 Å². The number of alkyl halides is 3. The van der Waals surface area contributed by atoms with Gasteiger partial charge in [-0.2, -0.15) is 0 Å². The van der Waals surface area contributed by atoms with Crippen molar-refractivity contribution in [2.75, 3.05) is 25.9 Å². The smallest absolute Gasteiger partial charge is 0.406 e. The predicted molar refractivity (Wildman–Crippen MR) is 124 cm³/mol. The van der Waals surface area contributed by atoms with Crippen molar-refractivity contribution in [2.24, 2.45) is 0 Å². The van der Waals surface area contributed by atoms with Crippen molar-refractivity contribution in [3.8, 4) is 5.75 Å². The van der Waals surface area contributed by atoms with Crippen LogP contribution in [0.1, 0.15) is 52.4 Å². The van der Waals surface area contributed by atoms with Gasteiger partial charge in [0.2, 0.25) is 0 Å². The number of nitrogen functional groups attached to an aromatic ring is 1. The van der Waals surface area contributed by atoms with Crippen LogP contribution in [0.15, 0.2) is 30.5 Å². The summed E-state index contributed by atoms with van der Waals surface area (Å²) in [5, 5.41) is 1.20. The number of fused-ring (bicyclic) bond motifs is 3. The molecule has 0 saturated carbocycles. The van der Waals surface area contributed by atoms with E-state index in [0.717, 1.165) is 49.9 Å². The van der Waals surface area contributed by atoms with Crippen molar-refractivity contribution in [1.29, 1.82) is 0 Å². The lowest BCUT2D eigenvalue weighted by Crippen LogP contribution is -2.38. The zero-order valence-corrected chi connectivity index (χ0v) is 19.3. The molecule has 10 heteroatoms. The number of carbonyl (C=O) groups excluding carboxylic acids is 1. The molecular weight excluding hydrogens is 461 g/mol. The van der Waals surface area contributed by atoms with Crippen LogP contribution in [0.25, 0.3) is 11.0 Å². The van der Waals surface area contributed by atoms with Crippen molar-refractivity contribution >= 4 is 22.6 Å². The largest absolute Gasteiger partial charge is 0.573 e. The number of hydrogen-bond donors (Lipinski definition) is 2. The highest BCUT2D eigenvalue weighted by Gasteiger charge is 2.32. The first-order valence-electron chi connectivity index (χ1n) is 11.7. The monoisotopic (exact) mass is 488 g/mol. The van der Waals surface area contributed by atoms with Crippen LogP contribution >= 0.6 is 0 Å². The van der Waals surface area contributed by atoms with Crippen molar-refractivity contribution in [3.63, 3.8) is 0 Å². The van der Waals surface area contributed by atoms with E-state index in [0.29, 0.717) is 13.1 Å². The fraction of sp³-hybridized carbons (Fsp3) is 0.440. The number of methoxy groups -OCH3 is 1. The highest BCUT2D eigenvalue weighted by Crippen LogP contribution is 2.38. The van der Waals surface area contributed by atoms with E-state index in [1.807, 2.05) is 6.20 Å². The predicted octanol–water partition coefficient (Wildman–Crippen LogP) is 4.57. The molecule has 1 aliphatic carbocycles. The summed E-state index contributed by atoms with van der Waals surface area (Å²) < 4.78 is 46.8. The van der Waals surface area contributed by atoms with E-state index in [1.54, 1.807) is 12.0 Å². The van der Waals surface area contributed by atoms with E-state index in [9.17, 15) is 18.0 Å². The van der Waals surface area contributed by atoms with Crippen molar-refractivity contribution in [3.05, 3.63) is 52.8 Å². The number of aromatic amines is 1. The molecule has 1 amide bonds. The van der Waals surface area contributed by atoms with Gasteiger partial charge in [0, 0.05) is 55.7 Å². The topological polar surface area (TPSA) is 93.5 Å². The first-order chi connectivity index (χ1) is 16.7. The third kappa shape index (κ3) is 4.67. The van der Waals surface area contributed by atoms with E-state index in [1.165, 1.54) is 28.3 Å². The number of H-pyrrole nitrogens is 1. The molecule has 0 radical (unpaired) electrons. The molecule has 186 valence electrons. The third-order valence-corrected chi connectivity index (χ3v) is 7.11. The lowest BCUT2D eigenvalue weighted by Gasteiger charge is -2.33. The van der Waals surface area contributed by atoms with Gasteiger partial charge in [-0.3, -0.25) is 4.79 Å². The lowest BCUT2D eigenvalue weighted by molar-refractivity contribution is -0.274. The number of likely N-dealkylation sites (tertiary alicyclic amines) is 1. The van der Waals surface area contributed by atoms with E-state index in [-0.39, 0.29) is 29.2 Å². The number of nitrogens with zero attached hydrogens (tertiary/aromatic N) is 2. The molecule has 0 bridgehead atoms. The Morgan fingerprint density at radius 1 is 1.20 bits per heavy atom. The van der Waals surface area contributed by atoms with Crippen LogP contribution in [0, 0.1) is 0 Å². The first-order valence-corrected chi connectivity index (χ1v) is 11.7. The number of aryl methyl sites for hydroxylation is 1. The Hall–Kier alpha value is -3.27. The molecular formula is C25H27F3N4O3. The summed E-state index contributed by atoms with van der Waals surface area (Å²) in [6.07, 6.45) is 1.56. The molecule has 2 aliphatic rings. The van der Waals surface area contributed by atoms with Gasteiger partial charge in [0.15, 0.2) is 0 Å². The van der Waals surface area contributed by atoms with Crippen LogP contribution in [-0.2, 0) is 17.6 Å². The molecule has 1 atom stereocenters. The van der Waals surface area contributed by atoms with Gasteiger partial charge in [0.25, 0.3) is 5.91 Å². The molecule has 1 fully saturated rings. The summed E-state index contributed by atoms with van der Waals surface area (Å²) in [5.41, 5.74) is 10.7. The Balaban J connectivity index is 1.31. The second-order valence-electron chi connectivity index (χ2n) is 9.17. The standard InChI is InChI=1S/C25H27F3N4O3/c1-34-15-2-5-19-21(13-15)31-23-22(19)17(6-9-30-23)14-7-10-32(11-8-14)24(33)18-4-3-16(12-20(18)29)35-25(26,27)28/h3-4,6,9,12,14-15H,2,5,7-8,10-11,13,29H2,1H3,(H,30,31). The minimum absolute atomic E-state index is 0.0389. The number of amides is 1. The number of carbonyl (C=O) groups is 1. The summed E-state index contributed by atoms with van der Waals surface area (Å²) in [4.78, 5) is 22.8. The highest BCUT2D eigenvalue weighted by molar-refractivity contribution is 5.99. The molecule has 1 aliphatic heterocycles. The summed E-state index contributed by atoms with van der Waals surface area (Å²) in [5.74, 6) is -0.452. The molecule has 35 heavy (non-hydrogen) atoms. The summed E-state index contributed by atoms with van der Waals surface area (Å²) in [6.45, 7) is 1.07. The molecule has 1 saturated heterocycles. The first kappa shape index (κ1) is 23.5. The molecule has 3 N–H and O–H groups in total. The van der Waals surface area contributed by atoms with Crippen LogP contribution < -0.4 is 10.5 Å². The van der Waals surface area contributed by atoms with Gasteiger partial charge < -0.3 is 25.1 Å². The van der Waals surface area contributed by atoms with E-state index in [2.05, 4.69) is 20.8 Å². The molecule has 5 rings (SSSR count). The Bertz CT molecular complexity index is 1250. The third-order valence-electron chi connectivity index (χ3n) is 7.11. The minimum Gasteiger partial charge on any atom is -0.406 e. The van der Waals surface area contributed by atoms with Crippen molar-refractivity contribution < 1.29 is 27.4 Å². The maximum atomic E-state index is 13.0. The molecule has 3 aromatic rings. The second kappa shape index (κ2) is 9.07. The van der Waals surface area contributed by atoms with Gasteiger partial charge in [-0.25, -0.2) is 4.98 Å². The molecule has 7 nitrogen and oxygen atoms in total. The number of rotatable bonds is 4. The molecule has 1 aromatic carbocycles. The number of benzene rings is 1. The van der Waals surface area contributed by atoms with Crippen LogP contribution in [0.2, 0.25) is 0 Å². The number of nitrogens with two attached hydrogens (primary N) is 1. The summed E-state index contributed by atoms with van der Waals surface area (Å²) in [7, 11) is 1.75. The fourth-order valence-corrected chi connectivity index (χ4v) is 5.38. The number of piperidine rings is 1. The van der Waals surface area contributed by atoms with Gasteiger partial charge in [-0.05, 0) is 60.9 Å². The van der Waals surface area contributed by atoms with Crippen LogP contribution in [0.5, 0.6) is 5.75 Å². The number of pyridine rings is 1. The van der Waals surface area contributed by atoms with Gasteiger partial charge in [-0.1, -0.05) is 0 Å². The maximum Gasteiger partial charge on any atom is 0.573 e. The Kier molecular flexibility index (Phi) is 6.08. The van der Waals surface area contributed by atoms with E-state index < -0.39 is 12.1 Å². The lowest BCUT2D eigenvalue weighted by atomic mass is 9.85. The number of hydrogen-bond acceptors (Lipinski definition) is 5. The van der Waals surface area contributed by atoms with Crippen molar-refractivity contribution in [2.45, 2.75) is 50.5 Å². The quantitative estimate of drug-likeness (QED) is 0.525. The minimum atomic E-state index is -4.82. The molecule has 2 aromatic heterocycles. The number of ether oxygens (including phenoxy) is 2. The average molecular weight is 489 g/mol. The zero-order chi connectivity index (χ0) is 24.7. The van der Waals surface area contributed by atoms with E-state index >= 15 is 0 Å². The molecule has 1 unspecified atom stereocenters. The molecule has 3 heterocycles. The highest BCUT2D eigenvalue weighted by atomic mass is 19.4. The van der Waals surface area contributed by atoms with Gasteiger partial charge in [-0.15, -0.1) is 13.2 Å². The maximum absolute atomic E-state index is 13.0. The fourth-order valence-electron chi connectivity index (χ4n) is 5.38. The van der Waals surface area contributed by atoms with Gasteiger partial charge >= 0.3 is 6.36 Å². The van der Waals surface area contributed by atoms with E-state index in [4.69, 9.17) is 10.5 Å². The number of anilines is 1. The van der Waals surface area contributed by atoms with Crippen molar-refractivity contribution in [1.82, 2.24) is 14.9 Å². The second-order valence-corrected chi connectivity index (χ2v) is 9.17. The SMILES string of the molecule is COC1CCc2c([nH]c3nccc(C4CCN(C(=O)c5ccc(OC(F)(F)F)cc5N)CC4)c23)C1. The normalized spacial score (nSPS) is 19.1. The van der Waals surface area contributed by atoms with Gasteiger partial charge in [0.05, 0.1) is 11.7 Å². The Morgan fingerprint density at radius 3 is 2.66 bits per heavy atom. The van der Waals surface area contributed by atoms with Crippen LogP contribution in [0.4, 0.5) is 18.9 Å². The molecule has 0 spiro atoms. The number of aromatic nitrogens is 2. The summed E-state index contributed by atoms with van der Waals surface area (Å²) in [6, 6.07) is 5.51. The van der Waals surface area contributed by atoms with Crippen LogP contribution in [-0.4, -0.2) is 53.4 Å². The summed E-state index contributed by atoms with van der Waals surface area (Å²) >= 11 is 0. The zero-order valence-electron chi connectivity index (χ0n) is 19.3. The van der Waals surface area contributed by atoms with Crippen LogP contribution in [0.3, 0.4) is 0 Å². The number of halogens is 3. The Morgan fingerprint density at radius 2 is 1.97 bits per heavy atom. The average Bonchev–Trinajstić information content (AvgIpc) is 3.20. The number of nitrogens with one attached hydrogen (secondary N) is 1.